The maximum absolute atomic E-state index is 5.70. The van der Waals surface area contributed by atoms with Crippen LogP contribution in [-0.4, -0.2) is 6.26 Å². The number of rotatable bonds is 2. The summed E-state index contributed by atoms with van der Waals surface area (Å²) >= 11 is 1.75. The van der Waals surface area contributed by atoms with Gasteiger partial charge in [0.15, 0.2) is 0 Å². The molecule has 1 aromatic rings. The number of halogens is 1. The molecule has 12 heavy (non-hydrogen) atoms. The Labute approximate surface area is 84.1 Å². The zero-order valence-electron chi connectivity index (χ0n) is 7.28. The van der Waals surface area contributed by atoms with Crippen molar-refractivity contribution in [2.24, 2.45) is 5.73 Å². The molecule has 1 rings (SSSR count). The summed E-state index contributed by atoms with van der Waals surface area (Å²) in [6, 6.07) is 8.51. The molecule has 0 aliphatic carbocycles. The van der Waals surface area contributed by atoms with Crippen molar-refractivity contribution in [2.75, 3.05) is 6.26 Å². The predicted molar refractivity (Wildman–Crippen MR) is 58.1 cm³/mol. The molecule has 0 heterocycles. The molecule has 0 bridgehead atoms. The van der Waals surface area contributed by atoms with E-state index in [9.17, 15) is 0 Å². The van der Waals surface area contributed by atoms with E-state index in [1.165, 1.54) is 10.5 Å². The van der Waals surface area contributed by atoms with Crippen LogP contribution in [0.2, 0.25) is 0 Å². The van der Waals surface area contributed by atoms with Gasteiger partial charge in [-0.2, -0.15) is 0 Å². The second-order valence-electron chi connectivity index (χ2n) is 2.56. The maximum Gasteiger partial charge on any atom is 0.0266 e. The molecule has 3 heteroatoms. The van der Waals surface area contributed by atoms with E-state index in [0.717, 1.165) is 0 Å². The predicted octanol–water partition coefficient (Wildman–Crippen LogP) is 2.85. The summed E-state index contributed by atoms with van der Waals surface area (Å²) in [5.74, 6) is 0. The lowest BCUT2D eigenvalue weighted by atomic mass is 10.1. The Morgan fingerprint density at radius 2 is 1.75 bits per heavy atom. The summed E-state index contributed by atoms with van der Waals surface area (Å²) in [6.45, 7) is 1.99. The molecule has 0 spiro atoms. The maximum atomic E-state index is 5.70. The molecule has 68 valence electrons. The Kier molecular flexibility index (Phi) is 5.38. The van der Waals surface area contributed by atoms with Crippen molar-refractivity contribution in [1.82, 2.24) is 0 Å². The van der Waals surface area contributed by atoms with Gasteiger partial charge in [-0.15, -0.1) is 24.2 Å². The van der Waals surface area contributed by atoms with Crippen LogP contribution < -0.4 is 5.73 Å². The summed E-state index contributed by atoms with van der Waals surface area (Å²) < 4.78 is 0. The fraction of sp³-hybridized carbons (Fsp3) is 0.333. The molecule has 0 saturated carbocycles. The standard InChI is InChI=1S/C9H13NS.ClH/c1-7(10)8-3-5-9(11-2)6-4-8;/h3-7H,10H2,1-2H3;1H. The minimum atomic E-state index is 0. The van der Waals surface area contributed by atoms with E-state index >= 15 is 0 Å². The molecule has 0 fully saturated rings. The van der Waals surface area contributed by atoms with Crippen molar-refractivity contribution in [1.29, 1.82) is 0 Å². The van der Waals surface area contributed by atoms with Crippen LogP contribution in [0.25, 0.3) is 0 Å². The van der Waals surface area contributed by atoms with Crippen LogP contribution in [0.4, 0.5) is 0 Å². The first-order valence-electron chi connectivity index (χ1n) is 3.63. The summed E-state index contributed by atoms with van der Waals surface area (Å²) in [5.41, 5.74) is 6.90. The number of hydrogen-bond acceptors (Lipinski definition) is 2. The highest BCUT2D eigenvalue weighted by Crippen LogP contribution is 2.17. The Hall–Kier alpha value is -0.180. The van der Waals surface area contributed by atoms with Crippen LogP contribution in [0.15, 0.2) is 29.2 Å². The normalized spacial score (nSPS) is 11.9. The highest BCUT2D eigenvalue weighted by atomic mass is 35.5. The van der Waals surface area contributed by atoms with Gasteiger partial charge in [-0.25, -0.2) is 0 Å². The molecular weight excluding hydrogens is 190 g/mol. The summed E-state index contributed by atoms with van der Waals surface area (Å²) in [4.78, 5) is 1.29. The van der Waals surface area contributed by atoms with Gasteiger partial charge in [0.1, 0.15) is 0 Å². The molecule has 0 aromatic heterocycles. The molecule has 1 unspecified atom stereocenters. The molecule has 1 atom stereocenters. The van der Waals surface area contributed by atoms with Crippen LogP contribution in [0.3, 0.4) is 0 Å². The van der Waals surface area contributed by atoms with E-state index in [4.69, 9.17) is 5.73 Å². The molecule has 0 radical (unpaired) electrons. The first-order valence-corrected chi connectivity index (χ1v) is 4.86. The molecule has 1 nitrogen and oxygen atoms in total. The van der Waals surface area contributed by atoms with Crippen molar-refractivity contribution in [3.63, 3.8) is 0 Å². The topological polar surface area (TPSA) is 26.0 Å². The van der Waals surface area contributed by atoms with E-state index in [1.807, 2.05) is 6.92 Å². The lowest BCUT2D eigenvalue weighted by molar-refractivity contribution is 0.817. The van der Waals surface area contributed by atoms with Crippen LogP contribution in [0.5, 0.6) is 0 Å². The monoisotopic (exact) mass is 203 g/mol. The molecule has 2 N–H and O–H groups in total. The van der Waals surface area contributed by atoms with Crippen molar-refractivity contribution < 1.29 is 0 Å². The van der Waals surface area contributed by atoms with E-state index in [1.54, 1.807) is 11.8 Å². The largest absolute Gasteiger partial charge is 0.324 e. The van der Waals surface area contributed by atoms with Gasteiger partial charge in [-0.3, -0.25) is 0 Å². The second kappa shape index (κ2) is 5.46. The Bertz CT molecular complexity index is 220. The number of hydrogen-bond donors (Lipinski definition) is 1. The van der Waals surface area contributed by atoms with E-state index in [2.05, 4.69) is 30.5 Å². The Morgan fingerprint density at radius 1 is 1.25 bits per heavy atom. The quantitative estimate of drug-likeness (QED) is 0.749. The van der Waals surface area contributed by atoms with Gasteiger partial charge in [0.25, 0.3) is 0 Å². The van der Waals surface area contributed by atoms with Gasteiger partial charge in [-0.1, -0.05) is 12.1 Å². The Balaban J connectivity index is 0.00000121. The number of nitrogens with two attached hydrogens (primary N) is 1. The van der Waals surface area contributed by atoms with Gasteiger partial charge in [0, 0.05) is 10.9 Å². The molecule has 0 amide bonds. The second-order valence-corrected chi connectivity index (χ2v) is 3.44. The fourth-order valence-electron chi connectivity index (χ4n) is 0.907. The smallest absolute Gasteiger partial charge is 0.0266 e. The van der Waals surface area contributed by atoms with Gasteiger partial charge < -0.3 is 5.73 Å². The van der Waals surface area contributed by atoms with Crippen LogP contribution in [0, 0.1) is 0 Å². The van der Waals surface area contributed by atoms with Gasteiger partial charge in [0.2, 0.25) is 0 Å². The fourth-order valence-corrected chi connectivity index (χ4v) is 1.32. The number of benzene rings is 1. The molecular formula is C9H14ClNS. The third-order valence-corrected chi connectivity index (χ3v) is 2.39. The zero-order chi connectivity index (χ0) is 8.27. The summed E-state index contributed by atoms with van der Waals surface area (Å²) in [5, 5.41) is 0. The SMILES string of the molecule is CSc1ccc(C(C)N)cc1.Cl. The Morgan fingerprint density at radius 3 is 2.08 bits per heavy atom. The van der Waals surface area contributed by atoms with Crippen molar-refractivity contribution >= 4 is 24.2 Å². The van der Waals surface area contributed by atoms with Crippen LogP contribution in [-0.2, 0) is 0 Å². The highest BCUT2D eigenvalue weighted by molar-refractivity contribution is 7.98. The first-order chi connectivity index (χ1) is 5.24. The van der Waals surface area contributed by atoms with Crippen molar-refractivity contribution in [3.05, 3.63) is 29.8 Å². The first kappa shape index (κ1) is 11.8. The molecule has 0 aliphatic rings. The van der Waals surface area contributed by atoms with Crippen molar-refractivity contribution in [2.45, 2.75) is 17.9 Å². The van der Waals surface area contributed by atoms with Crippen LogP contribution in [0.1, 0.15) is 18.5 Å². The lowest BCUT2D eigenvalue weighted by Gasteiger charge is -2.04. The summed E-state index contributed by atoms with van der Waals surface area (Å²) in [6.07, 6.45) is 2.07. The average Bonchev–Trinajstić information content (AvgIpc) is 2.05. The molecule has 0 saturated heterocycles. The lowest BCUT2D eigenvalue weighted by Crippen LogP contribution is -2.04. The van der Waals surface area contributed by atoms with Gasteiger partial charge >= 0.3 is 0 Å². The third kappa shape index (κ3) is 3.05. The van der Waals surface area contributed by atoms with E-state index < -0.39 is 0 Å². The number of thioether (sulfide) groups is 1. The molecule has 1 aromatic carbocycles. The average molecular weight is 204 g/mol. The summed E-state index contributed by atoms with van der Waals surface area (Å²) in [7, 11) is 0. The minimum absolute atomic E-state index is 0. The zero-order valence-corrected chi connectivity index (χ0v) is 8.91. The van der Waals surface area contributed by atoms with Gasteiger partial charge in [0.05, 0.1) is 0 Å². The van der Waals surface area contributed by atoms with Gasteiger partial charge in [-0.05, 0) is 30.9 Å². The van der Waals surface area contributed by atoms with Crippen molar-refractivity contribution in [3.8, 4) is 0 Å². The molecule has 0 aliphatic heterocycles. The third-order valence-electron chi connectivity index (χ3n) is 1.64. The van der Waals surface area contributed by atoms with E-state index in [0.29, 0.717) is 0 Å². The minimum Gasteiger partial charge on any atom is -0.324 e. The van der Waals surface area contributed by atoms with E-state index in [-0.39, 0.29) is 18.4 Å². The van der Waals surface area contributed by atoms with Crippen LogP contribution >= 0.6 is 24.2 Å². The highest BCUT2D eigenvalue weighted by Gasteiger charge is 1.97.